The smallest absolute Gasteiger partial charge is 0.305 e. The van der Waals surface area contributed by atoms with Crippen molar-refractivity contribution >= 4 is 23.3 Å². The first-order valence-electron chi connectivity index (χ1n) is 6.62. The fourth-order valence-electron chi connectivity index (χ4n) is 1.80. The van der Waals surface area contributed by atoms with Gasteiger partial charge in [-0.3, -0.25) is 19.1 Å². The van der Waals surface area contributed by atoms with Crippen molar-refractivity contribution < 1.29 is 19.5 Å². The third-order valence-corrected chi connectivity index (χ3v) is 3.00. The average molecular weight is 301 g/mol. The molecule has 0 aliphatic carbocycles. The molecule has 0 saturated heterocycles. The van der Waals surface area contributed by atoms with Gasteiger partial charge in [-0.1, -0.05) is 0 Å². The molecule has 0 saturated carbocycles. The van der Waals surface area contributed by atoms with Gasteiger partial charge in [-0.25, -0.2) is 0 Å². The number of carbonyl (C=O) groups excluding carboxylic acids is 2. The van der Waals surface area contributed by atoms with E-state index >= 15 is 0 Å². The minimum Gasteiger partial charge on any atom is -0.481 e. The van der Waals surface area contributed by atoms with E-state index in [1.165, 1.54) is 24.0 Å². The Morgan fingerprint density at radius 1 is 1.18 bits per heavy atom. The molecule has 1 amide bonds. The summed E-state index contributed by atoms with van der Waals surface area (Å²) in [5.74, 6) is -1.32. The topological polar surface area (TPSA) is 101 Å². The van der Waals surface area contributed by atoms with Gasteiger partial charge in [0.15, 0.2) is 5.78 Å². The molecule has 114 valence electrons. The van der Waals surface area contributed by atoms with Gasteiger partial charge >= 0.3 is 5.97 Å². The molecule has 0 aliphatic heterocycles. The number of carboxylic acids is 1. The van der Waals surface area contributed by atoms with E-state index in [4.69, 9.17) is 5.11 Å². The lowest BCUT2D eigenvalue weighted by molar-refractivity contribution is -0.137. The summed E-state index contributed by atoms with van der Waals surface area (Å²) >= 11 is 0. The van der Waals surface area contributed by atoms with Gasteiger partial charge in [0.05, 0.1) is 24.7 Å². The summed E-state index contributed by atoms with van der Waals surface area (Å²) in [5, 5.41) is 15.2. The maximum Gasteiger partial charge on any atom is 0.305 e. The van der Waals surface area contributed by atoms with Crippen molar-refractivity contribution in [1.29, 1.82) is 0 Å². The number of carbonyl (C=O) groups is 3. The number of anilines is 1. The summed E-state index contributed by atoms with van der Waals surface area (Å²) < 4.78 is 1.40. The quantitative estimate of drug-likeness (QED) is 0.792. The zero-order valence-corrected chi connectivity index (χ0v) is 11.9. The Morgan fingerprint density at radius 3 is 2.45 bits per heavy atom. The monoisotopic (exact) mass is 301 g/mol. The molecule has 0 radical (unpaired) electrons. The molecule has 7 heteroatoms. The van der Waals surface area contributed by atoms with Crippen molar-refractivity contribution in [3.05, 3.63) is 47.8 Å². The van der Waals surface area contributed by atoms with Crippen LogP contribution in [-0.4, -0.2) is 32.5 Å². The Kier molecular flexibility index (Phi) is 4.67. The van der Waals surface area contributed by atoms with Gasteiger partial charge in [0.2, 0.25) is 0 Å². The number of nitrogens with one attached hydrogen (secondary N) is 1. The lowest BCUT2D eigenvalue weighted by Gasteiger charge is -2.04. The normalized spacial score (nSPS) is 10.2. The summed E-state index contributed by atoms with van der Waals surface area (Å²) in [6.45, 7) is 1.68. The number of nitrogens with zero attached hydrogens (tertiary/aromatic N) is 2. The van der Waals surface area contributed by atoms with Crippen molar-refractivity contribution in [1.82, 2.24) is 9.78 Å². The first-order chi connectivity index (χ1) is 10.5. The summed E-state index contributed by atoms with van der Waals surface area (Å²) in [7, 11) is 0. The minimum atomic E-state index is -0.924. The second-order valence-corrected chi connectivity index (χ2v) is 4.72. The SMILES string of the molecule is CC(=O)c1ccc(NC(=O)c2cnn(CCC(=O)O)c2)cc1. The van der Waals surface area contributed by atoms with E-state index in [9.17, 15) is 14.4 Å². The van der Waals surface area contributed by atoms with Crippen LogP contribution in [0.25, 0.3) is 0 Å². The maximum absolute atomic E-state index is 12.0. The Labute approximate surface area is 126 Å². The number of rotatable bonds is 6. The minimum absolute atomic E-state index is 0.0439. The van der Waals surface area contributed by atoms with Crippen LogP contribution in [0.2, 0.25) is 0 Å². The van der Waals surface area contributed by atoms with E-state index in [1.807, 2.05) is 0 Å². The summed E-state index contributed by atoms with van der Waals surface area (Å²) in [6.07, 6.45) is 2.80. The number of Topliss-reactive ketones (excluding diaryl/α,β-unsaturated/α-hetero) is 1. The standard InChI is InChI=1S/C15H15N3O4/c1-10(19)11-2-4-13(5-3-11)17-15(22)12-8-16-18(9-12)7-6-14(20)21/h2-5,8-9H,6-7H2,1H3,(H,17,22)(H,20,21). The molecule has 0 spiro atoms. The van der Waals surface area contributed by atoms with Crippen LogP contribution >= 0.6 is 0 Å². The number of benzene rings is 1. The molecular weight excluding hydrogens is 286 g/mol. The van der Waals surface area contributed by atoms with Gasteiger partial charge in [-0.05, 0) is 31.2 Å². The van der Waals surface area contributed by atoms with Gasteiger partial charge in [-0.15, -0.1) is 0 Å². The molecule has 2 N–H and O–H groups in total. The second kappa shape index (κ2) is 6.66. The van der Waals surface area contributed by atoms with Crippen molar-refractivity contribution in [2.45, 2.75) is 19.9 Å². The molecule has 2 rings (SSSR count). The molecule has 0 bridgehead atoms. The zero-order valence-electron chi connectivity index (χ0n) is 11.9. The van der Waals surface area contributed by atoms with E-state index in [-0.39, 0.29) is 24.7 Å². The predicted molar refractivity (Wildman–Crippen MR) is 78.9 cm³/mol. The van der Waals surface area contributed by atoms with Crippen LogP contribution in [0.15, 0.2) is 36.7 Å². The Balaban J connectivity index is 1.99. The lowest BCUT2D eigenvalue weighted by Crippen LogP contribution is -2.11. The summed E-state index contributed by atoms with van der Waals surface area (Å²) in [4.78, 5) is 33.7. The third-order valence-electron chi connectivity index (χ3n) is 3.00. The number of aryl methyl sites for hydroxylation is 1. The fourth-order valence-corrected chi connectivity index (χ4v) is 1.80. The number of ketones is 1. The number of carboxylic acid groups (broad SMARTS) is 1. The van der Waals surface area contributed by atoms with E-state index in [0.29, 0.717) is 16.8 Å². The first kappa shape index (κ1) is 15.4. The lowest BCUT2D eigenvalue weighted by atomic mass is 10.1. The van der Waals surface area contributed by atoms with Crippen LogP contribution in [0.4, 0.5) is 5.69 Å². The van der Waals surface area contributed by atoms with Gasteiger partial charge in [0, 0.05) is 17.4 Å². The van der Waals surface area contributed by atoms with Crippen LogP contribution in [0.3, 0.4) is 0 Å². The molecule has 22 heavy (non-hydrogen) atoms. The van der Waals surface area contributed by atoms with E-state index in [0.717, 1.165) is 0 Å². The fraction of sp³-hybridized carbons (Fsp3) is 0.200. The third kappa shape index (κ3) is 4.02. The van der Waals surface area contributed by atoms with Crippen molar-refractivity contribution in [3.8, 4) is 0 Å². The molecule has 1 aromatic carbocycles. The van der Waals surface area contributed by atoms with E-state index < -0.39 is 5.97 Å². The highest BCUT2D eigenvalue weighted by Crippen LogP contribution is 2.11. The maximum atomic E-state index is 12.0. The Bertz CT molecular complexity index is 704. The molecule has 1 heterocycles. The Hall–Kier alpha value is -2.96. The van der Waals surface area contributed by atoms with Crippen LogP contribution in [0, 0.1) is 0 Å². The van der Waals surface area contributed by atoms with E-state index in [2.05, 4.69) is 10.4 Å². The number of aromatic nitrogens is 2. The largest absolute Gasteiger partial charge is 0.481 e. The van der Waals surface area contributed by atoms with Crippen LogP contribution in [0.1, 0.15) is 34.1 Å². The highest BCUT2D eigenvalue weighted by molar-refractivity contribution is 6.04. The molecule has 0 aliphatic rings. The molecule has 2 aromatic rings. The number of hydrogen-bond donors (Lipinski definition) is 2. The molecule has 7 nitrogen and oxygen atoms in total. The highest BCUT2D eigenvalue weighted by Gasteiger charge is 2.10. The molecule has 0 unspecified atom stereocenters. The average Bonchev–Trinajstić information content (AvgIpc) is 2.94. The van der Waals surface area contributed by atoms with Crippen LogP contribution < -0.4 is 5.32 Å². The van der Waals surface area contributed by atoms with Gasteiger partial charge in [0.25, 0.3) is 5.91 Å². The number of amides is 1. The summed E-state index contributed by atoms with van der Waals surface area (Å²) in [5.41, 5.74) is 1.47. The van der Waals surface area contributed by atoms with E-state index in [1.54, 1.807) is 24.3 Å². The molecule has 1 aromatic heterocycles. The number of hydrogen-bond acceptors (Lipinski definition) is 4. The zero-order chi connectivity index (χ0) is 16.1. The van der Waals surface area contributed by atoms with Crippen molar-refractivity contribution in [2.75, 3.05) is 5.32 Å². The van der Waals surface area contributed by atoms with Gasteiger partial charge in [-0.2, -0.15) is 5.10 Å². The highest BCUT2D eigenvalue weighted by atomic mass is 16.4. The Morgan fingerprint density at radius 2 is 1.86 bits per heavy atom. The molecule has 0 fully saturated rings. The van der Waals surface area contributed by atoms with Crippen LogP contribution in [-0.2, 0) is 11.3 Å². The number of aliphatic carboxylic acids is 1. The molecule has 0 atom stereocenters. The van der Waals surface area contributed by atoms with Crippen molar-refractivity contribution in [2.24, 2.45) is 0 Å². The predicted octanol–water partition coefficient (Wildman–Crippen LogP) is 1.81. The van der Waals surface area contributed by atoms with Crippen molar-refractivity contribution in [3.63, 3.8) is 0 Å². The van der Waals surface area contributed by atoms with Gasteiger partial charge in [0.1, 0.15) is 0 Å². The first-order valence-corrected chi connectivity index (χ1v) is 6.62. The summed E-state index contributed by atoms with van der Waals surface area (Å²) in [6, 6.07) is 6.55. The van der Waals surface area contributed by atoms with Gasteiger partial charge < -0.3 is 10.4 Å². The molecular formula is C15H15N3O4. The van der Waals surface area contributed by atoms with Crippen LogP contribution in [0.5, 0.6) is 0 Å². The second-order valence-electron chi connectivity index (χ2n) is 4.72.